The number of nitrogens with one attached hydrogen (secondary N) is 1. The van der Waals surface area contributed by atoms with Crippen molar-refractivity contribution >= 4 is 0 Å². The van der Waals surface area contributed by atoms with Crippen LogP contribution in [-0.4, -0.2) is 65.2 Å². The minimum absolute atomic E-state index is 0.379. The highest BCUT2D eigenvalue weighted by atomic mass is 16.5. The van der Waals surface area contributed by atoms with E-state index in [-0.39, 0.29) is 0 Å². The van der Waals surface area contributed by atoms with Crippen molar-refractivity contribution in [3.63, 3.8) is 0 Å². The van der Waals surface area contributed by atoms with Crippen LogP contribution >= 0.6 is 0 Å². The molecule has 0 aliphatic heterocycles. The molecule has 1 N–H and O–H groups in total. The summed E-state index contributed by atoms with van der Waals surface area (Å²) < 4.78 is 38.5. The van der Waals surface area contributed by atoms with Crippen LogP contribution < -0.4 is 33.2 Å². The van der Waals surface area contributed by atoms with Crippen LogP contribution in [0.25, 0.3) is 22.5 Å². The molecule has 31 heavy (non-hydrogen) atoms. The lowest BCUT2D eigenvalue weighted by Gasteiger charge is -2.18. The van der Waals surface area contributed by atoms with Gasteiger partial charge in [0.1, 0.15) is 5.69 Å². The zero-order valence-electron chi connectivity index (χ0n) is 18.5. The Bertz CT molecular complexity index is 1040. The number of methoxy groups -OCH3 is 7. The van der Waals surface area contributed by atoms with Gasteiger partial charge in [0, 0.05) is 5.56 Å². The number of hydrogen-bond donors (Lipinski definition) is 1. The summed E-state index contributed by atoms with van der Waals surface area (Å²) >= 11 is 0. The predicted molar refractivity (Wildman–Crippen MR) is 113 cm³/mol. The lowest BCUT2D eigenvalue weighted by molar-refractivity contribution is 0.306. The molecule has 1 aromatic heterocycles. The van der Waals surface area contributed by atoms with Crippen LogP contribution in [-0.2, 0) is 0 Å². The summed E-state index contributed by atoms with van der Waals surface area (Å²) in [5, 5.41) is 11.2. The Hall–Kier alpha value is -3.82. The lowest BCUT2D eigenvalue weighted by atomic mass is 10.0. The molecule has 3 aromatic rings. The second-order valence-electron chi connectivity index (χ2n) is 6.18. The fourth-order valence-corrected chi connectivity index (χ4v) is 3.35. The molecule has 10 nitrogen and oxygen atoms in total. The molecule has 0 fully saturated rings. The molecule has 0 saturated heterocycles. The van der Waals surface area contributed by atoms with Crippen molar-refractivity contribution in [1.82, 2.24) is 15.4 Å². The molecule has 3 rings (SSSR count). The molecule has 0 bridgehead atoms. The maximum Gasteiger partial charge on any atom is 0.207 e. The molecule has 0 amide bonds. The van der Waals surface area contributed by atoms with Crippen molar-refractivity contribution < 1.29 is 33.2 Å². The first-order valence-electron chi connectivity index (χ1n) is 9.17. The van der Waals surface area contributed by atoms with Gasteiger partial charge in [-0.2, -0.15) is 0 Å². The van der Waals surface area contributed by atoms with Gasteiger partial charge >= 0.3 is 0 Å². The normalized spacial score (nSPS) is 10.4. The van der Waals surface area contributed by atoms with E-state index in [0.29, 0.717) is 62.8 Å². The Morgan fingerprint density at radius 1 is 0.581 bits per heavy atom. The molecule has 1 heterocycles. The summed E-state index contributed by atoms with van der Waals surface area (Å²) in [7, 11) is 10.8. The number of hydrogen-bond acceptors (Lipinski definition) is 9. The molecular formula is C21H25N3O7. The van der Waals surface area contributed by atoms with Crippen LogP contribution in [0.15, 0.2) is 18.2 Å². The van der Waals surface area contributed by atoms with Crippen LogP contribution in [0.5, 0.6) is 40.2 Å². The topological polar surface area (TPSA) is 106 Å². The third-order valence-corrected chi connectivity index (χ3v) is 4.74. The number of H-pyrrole nitrogens is 1. The van der Waals surface area contributed by atoms with E-state index in [4.69, 9.17) is 33.2 Å². The maximum atomic E-state index is 5.64. The monoisotopic (exact) mass is 431 g/mol. The van der Waals surface area contributed by atoms with Gasteiger partial charge in [-0.25, -0.2) is 0 Å². The van der Waals surface area contributed by atoms with E-state index in [0.717, 1.165) is 0 Å². The van der Waals surface area contributed by atoms with E-state index in [2.05, 4.69) is 15.4 Å². The summed E-state index contributed by atoms with van der Waals surface area (Å²) in [6, 6.07) is 5.33. The minimum Gasteiger partial charge on any atom is -0.493 e. The van der Waals surface area contributed by atoms with Crippen molar-refractivity contribution in [3.8, 4) is 62.8 Å². The average molecular weight is 431 g/mol. The molecule has 0 radical (unpaired) electrons. The molecular weight excluding hydrogens is 406 g/mol. The summed E-state index contributed by atoms with van der Waals surface area (Å²) in [4.78, 5) is 0. The van der Waals surface area contributed by atoms with Gasteiger partial charge in [0.25, 0.3) is 0 Å². The zero-order valence-corrected chi connectivity index (χ0v) is 18.5. The molecule has 0 atom stereocenters. The number of aromatic amines is 1. The lowest BCUT2D eigenvalue weighted by Crippen LogP contribution is -2.00. The largest absolute Gasteiger partial charge is 0.493 e. The third kappa shape index (κ3) is 3.72. The molecule has 2 aromatic carbocycles. The van der Waals surface area contributed by atoms with Crippen LogP contribution in [0, 0.1) is 0 Å². The first-order valence-corrected chi connectivity index (χ1v) is 9.17. The van der Waals surface area contributed by atoms with E-state index in [1.54, 1.807) is 46.6 Å². The second-order valence-corrected chi connectivity index (χ2v) is 6.18. The highest BCUT2D eigenvalue weighted by Gasteiger charge is 2.26. The smallest absolute Gasteiger partial charge is 0.207 e. The third-order valence-electron chi connectivity index (χ3n) is 4.74. The van der Waals surface area contributed by atoms with E-state index in [1.165, 1.54) is 21.3 Å². The van der Waals surface area contributed by atoms with Gasteiger partial charge in [-0.3, -0.25) is 5.10 Å². The number of aromatic nitrogens is 3. The average Bonchev–Trinajstić information content (AvgIpc) is 3.30. The van der Waals surface area contributed by atoms with E-state index in [1.807, 2.05) is 0 Å². The SMILES string of the molecule is COc1cc(-c2nn[nH]c2-c2cc(OC)c(OC)c(OC)c2OC)cc(OC)c1OC. The van der Waals surface area contributed by atoms with Gasteiger partial charge in [-0.05, 0) is 18.2 Å². The molecule has 10 heteroatoms. The fourth-order valence-electron chi connectivity index (χ4n) is 3.35. The van der Waals surface area contributed by atoms with Crippen LogP contribution in [0.1, 0.15) is 0 Å². The number of benzene rings is 2. The highest BCUT2D eigenvalue weighted by molar-refractivity contribution is 5.86. The Morgan fingerprint density at radius 3 is 1.58 bits per heavy atom. The van der Waals surface area contributed by atoms with Gasteiger partial charge < -0.3 is 33.2 Å². The maximum absolute atomic E-state index is 5.64. The molecule has 0 unspecified atom stereocenters. The Morgan fingerprint density at radius 2 is 1.10 bits per heavy atom. The van der Waals surface area contributed by atoms with E-state index < -0.39 is 0 Å². The quantitative estimate of drug-likeness (QED) is 0.546. The molecule has 0 aliphatic carbocycles. The minimum atomic E-state index is 0.379. The molecule has 0 saturated carbocycles. The Labute approximate surface area is 179 Å². The second kappa shape index (κ2) is 9.33. The molecule has 0 aliphatic rings. The van der Waals surface area contributed by atoms with E-state index in [9.17, 15) is 0 Å². The highest BCUT2D eigenvalue weighted by Crippen LogP contribution is 2.51. The molecule has 166 valence electrons. The van der Waals surface area contributed by atoms with Crippen LogP contribution in [0.4, 0.5) is 0 Å². The summed E-state index contributed by atoms with van der Waals surface area (Å²) in [5.74, 6) is 3.13. The van der Waals surface area contributed by atoms with E-state index >= 15 is 0 Å². The van der Waals surface area contributed by atoms with Gasteiger partial charge in [-0.15, -0.1) is 5.10 Å². The summed E-state index contributed by atoms with van der Waals surface area (Å²) in [5.41, 5.74) is 2.41. The standard InChI is InChI=1S/C21H25N3O7/c1-25-13-8-11(9-14(26-2)19(13)29-5)16-17(23-24-22-16)12-10-15(27-3)20(30-6)21(31-7)18(12)28-4/h8-10H,1-7H3,(H,22,23,24). The number of rotatable bonds is 9. The van der Waals surface area contributed by atoms with Gasteiger partial charge in [0.2, 0.25) is 17.2 Å². The van der Waals surface area contributed by atoms with Crippen LogP contribution in [0.2, 0.25) is 0 Å². The summed E-state index contributed by atoms with van der Waals surface area (Å²) in [6.07, 6.45) is 0. The zero-order chi connectivity index (χ0) is 22.5. The summed E-state index contributed by atoms with van der Waals surface area (Å²) in [6.45, 7) is 0. The Kier molecular flexibility index (Phi) is 6.58. The van der Waals surface area contributed by atoms with Crippen molar-refractivity contribution in [3.05, 3.63) is 18.2 Å². The van der Waals surface area contributed by atoms with Crippen molar-refractivity contribution in [2.24, 2.45) is 0 Å². The fraction of sp³-hybridized carbons (Fsp3) is 0.333. The predicted octanol–water partition coefficient (Wildman–Crippen LogP) is 3.20. The van der Waals surface area contributed by atoms with Crippen molar-refractivity contribution in [2.45, 2.75) is 0 Å². The number of ether oxygens (including phenoxy) is 7. The van der Waals surface area contributed by atoms with Crippen molar-refractivity contribution in [1.29, 1.82) is 0 Å². The number of nitrogens with zero attached hydrogens (tertiary/aromatic N) is 2. The molecule has 0 spiro atoms. The van der Waals surface area contributed by atoms with Gasteiger partial charge in [-0.1, -0.05) is 5.21 Å². The van der Waals surface area contributed by atoms with Gasteiger partial charge in [0.15, 0.2) is 23.0 Å². The first-order chi connectivity index (χ1) is 15.1. The van der Waals surface area contributed by atoms with Crippen molar-refractivity contribution in [2.75, 3.05) is 49.8 Å². The van der Waals surface area contributed by atoms with Crippen LogP contribution in [0.3, 0.4) is 0 Å². The van der Waals surface area contributed by atoms with Gasteiger partial charge in [0.05, 0.1) is 61.0 Å². The first kappa shape index (κ1) is 21.9. The Balaban J connectivity index is 2.28.